The lowest BCUT2D eigenvalue weighted by Gasteiger charge is -2.43. The van der Waals surface area contributed by atoms with Crippen molar-refractivity contribution in [2.75, 3.05) is 60.1 Å². The predicted octanol–water partition coefficient (Wildman–Crippen LogP) is -2.18. The second-order valence-corrected chi connectivity index (χ2v) is 19.2. The van der Waals surface area contributed by atoms with Gasteiger partial charge in [-0.25, -0.2) is 0 Å². The van der Waals surface area contributed by atoms with Crippen molar-refractivity contribution in [3.8, 4) is 17.2 Å². The van der Waals surface area contributed by atoms with Crippen LogP contribution in [-0.2, 0) is 63.7 Å². The van der Waals surface area contributed by atoms with Crippen LogP contribution < -0.4 is 31.3 Å². The van der Waals surface area contributed by atoms with Crippen molar-refractivity contribution in [1.29, 1.82) is 0 Å². The second-order valence-electron chi connectivity index (χ2n) is 19.2. The van der Waals surface area contributed by atoms with E-state index in [0.717, 1.165) is 17.1 Å². The Kier molecular flexibility index (Phi) is 14.9. The lowest BCUT2D eigenvalue weighted by molar-refractivity contribution is -0.256. The van der Waals surface area contributed by atoms with E-state index in [-0.39, 0.29) is 71.9 Å². The Morgan fingerprint density at radius 3 is 2.19 bits per heavy atom. The number of phenols is 2. The van der Waals surface area contributed by atoms with Gasteiger partial charge in [0, 0.05) is 93.4 Å². The molecule has 3 aliphatic carbocycles. The number of carbonyl (C=O) groups excluding carboxylic acids is 9. The Morgan fingerprint density at radius 1 is 0.824 bits per heavy atom. The highest BCUT2D eigenvalue weighted by Gasteiger charge is 2.55. The number of benzene rings is 2. The molecule has 0 aromatic heterocycles. The fraction of sp³-hybridized carbons (Fsp3) is 0.531. The second kappa shape index (κ2) is 21.2. The maximum Gasteiger partial charge on any atom is 0.253 e. The van der Waals surface area contributed by atoms with Crippen molar-refractivity contribution >= 4 is 52.9 Å². The molecule has 25 heteroatoms. The van der Waals surface area contributed by atoms with Crippen LogP contribution >= 0.6 is 0 Å². The van der Waals surface area contributed by atoms with Crippen molar-refractivity contribution in [3.63, 3.8) is 0 Å². The zero-order valence-electron chi connectivity index (χ0n) is 40.6. The first-order valence-electron chi connectivity index (χ1n) is 24.3. The zero-order valence-corrected chi connectivity index (χ0v) is 40.6. The largest absolute Gasteiger partial charge is 0.507 e. The van der Waals surface area contributed by atoms with Gasteiger partial charge in [0.1, 0.15) is 29.0 Å². The summed E-state index contributed by atoms with van der Waals surface area (Å²) in [4.78, 5) is 118. The SMILES string of the molecule is COc1cccc2c1C(=O)c1c(O)c3c(c(O)c1C2=O)C[C@@](O)(C(=O)NC[C@H]1C[C@@H](NC(=O)CNC(=O)CNC(=O)CNC(=O)CCN2C(=O)C=CC2=O)C1)C[C@@H]3O[C@H]1C[C@H]2[C@H](O[C@@H]3[C@@H](OC)OCCN32)[C@H](C)O1. The van der Waals surface area contributed by atoms with Crippen LogP contribution in [0.4, 0.5) is 0 Å². The number of nitrogens with zero attached hydrogens (tertiary/aromatic N) is 2. The van der Waals surface area contributed by atoms with Crippen molar-refractivity contribution < 1.29 is 86.9 Å². The molecule has 2 aromatic carbocycles. The number of hydrogen-bond acceptors (Lipinski definition) is 19. The summed E-state index contributed by atoms with van der Waals surface area (Å²) in [7, 11) is 2.85. The molecule has 74 heavy (non-hydrogen) atoms. The topological polar surface area (TPSA) is 336 Å². The average Bonchev–Trinajstić information content (AvgIpc) is 3.91. The van der Waals surface area contributed by atoms with Crippen molar-refractivity contribution in [3.05, 3.63) is 63.7 Å². The number of fused-ring (bicyclic) bond motifs is 6. The third-order valence-electron chi connectivity index (χ3n) is 14.6. The van der Waals surface area contributed by atoms with Crippen molar-refractivity contribution in [2.45, 2.75) is 100 Å². The van der Waals surface area contributed by atoms with Gasteiger partial charge < -0.3 is 70.3 Å². The molecule has 4 aliphatic heterocycles. The quantitative estimate of drug-likeness (QED) is 0.0527. The number of methoxy groups -OCH3 is 2. The molecule has 25 nitrogen and oxygen atoms in total. The van der Waals surface area contributed by atoms with Crippen molar-refractivity contribution in [1.82, 2.24) is 36.4 Å². The van der Waals surface area contributed by atoms with Crippen molar-refractivity contribution in [2.24, 2.45) is 5.92 Å². The normalized spacial score (nSPS) is 28.7. The summed E-state index contributed by atoms with van der Waals surface area (Å²) < 4.78 is 36.0. The third-order valence-corrected chi connectivity index (χ3v) is 14.6. The number of imide groups is 1. The van der Waals surface area contributed by atoms with Gasteiger partial charge in [-0.15, -0.1) is 0 Å². The number of aromatic hydroxyl groups is 2. The summed E-state index contributed by atoms with van der Waals surface area (Å²) in [6.45, 7) is 1.27. The van der Waals surface area contributed by atoms with Gasteiger partial charge in [0.2, 0.25) is 29.4 Å². The van der Waals surface area contributed by atoms with Gasteiger partial charge in [0.25, 0.3) is 17.7 Å². The van der Waals surface area contributed by atoms with E-state index in [1.807, 2.05) is 6.92 Å². The van der Waals surface area contributed by atoms with Gasteiger partial charge in [-0.2, -0.15) is 0 Å². The molecule has 0 spiro atoms. The molecule has 7 aliphatic rings. The van der Waals surface area contributed by atoms with Gasteiger partial charge in [0.15, 0.2) is 24.6 Å². The maximum absolute atomic E-state index is 14.2. The van der Waals surface area contributed by atoms with E-state index >= 15 is 0 Å². The number of phenolic OH excluding ortho intramolecular Hbond substituents is 2. The highest BCUT2D eigenvalue weighted by atomic mass is 16.7. The van der Waals surface area contributed by atoms with Gasteiger partial charge in [0.05, 0.1) is 62.2 Å². The smallest absolute Gasteiger partial charge is 0.253 e. The van der Waals surface area contributed by atoms with E-state index in [1.165, 1.54) is 32.4 Å². The van der Waals surface area contributed by atoms with Crippen LogP contribution in [0.25, 0.3) is 0 Å². The van der Waals surface area contributed by atoms with Crippen LogP contribution in [0.2, 0.25) is 0 Å². The maximum atomic E-state index is 14.2. The molecule has 3 saturated heterocycles. The molecule has 4 fully saturated rings. The van der Waals surface area contributed by atoms with E-state index in [4.69, 9.17) is 28.4 Å². The molecule has 396 valence electrons. The van der Waals surface area contributed by atoms with E-state index in [9.17, 15) is 58.5 Å². The zero-order chi connectivity index (χ0) is 52.7. The highest BCUT2D eigenvalue weighted by molar-refractivity contribution is 6.31. The monoisotopic (exact) mass is 1030 g/mol. The van der Waals surface area contributed by atoms with E-state index in [1.54, 1.807) is 0 Å². The molecule has 0 bridgehead atoms. The number of hydrogen-bond donors (Lipinski definition) is 8. The Balaban J connectivity index is 0.804. The molecule has 8 N–H and O–H groups in total. The molecule has 1 saturated carbocycles. The first-order valence-corrected chi connectivity index (χ1v) is 24.3. The number of morpholine rings is 1. The standard InChI is InChI=1S/C49H57N7O18/c1-22-45-27(55-11-12-71-47(70-3)46(55)74-45)15-36(72-22)73-29-17-49(68,16-26-38(29)44(66)40-39(42(26)64)41(63)25-5-4-6-28(69-2)37(25)43(40)65)48(67)53-18-23-13-24(14-23)54-33(60)21-52-32(59)20-51-31(58)19-50-30(57)9-10-56-34(61)7-8-35(56)62/h4-8,22-24,27,29,36,45-47,64,66,68H,9-21H2,1-3H3,(H,50,57)(H,51,58)(H,52,59)(H,53,67)(H,54,60)/t22-,23-,24+,27-,29-,36-,45+,46+,47-,49-/m0/s1. The van der Waals surface area contributed by atoms with E-state index in [2.05, 4.69) is 31.5 Å². The minimum atomic E-state index is -2.29. The number of ketones is 2. The molecule has 0 radical (unpaired) electrons. The molecule has 4 heterocycles. The number of amides is 7. The molecule has 0 unspecified atom stereocenters. The Bertz CT molecular complexity index is 2690. The molecule has 8 atom stereocenters. The fourth-order valence-electron chi connectivity index (χ4n) is 10.8. The molecular formula is C49H57N7O18. The number of aliphatic hydroxyl groups is 1. The molecule has 9 rings (SSSR count). The summed E-state index contributed by atoms with van der Waals surface area (Å²) in [5, 5.41) is 49.0. The van der Waals surface area contributed by atoms with Crippen LogP contribution in [0.5, 0.6) is 17.2 Å². The third kappa shape index (κ3) is 10.1. The molecule has 7 amide bonds. The summed E-state index contributed by atoms with van der Waals surface area (Å²) >= 11 is 0. The Morgan fingerprint density at radius 2 is 1.50 bits per heavy atom. The minimum absolute atomic E-state index is 0.0700. The van der Waals surface area contributed by atoms with Crippen LogP contribution in [0, 0.1) is 5.92 Å². The number of ether oxygens (including phenoxy) is 6. The van der Waals surface area contributed by atoms with Gasteiger partial charge in [-0.3, -0.25) is 53.0 Å². The lowest BCUT2D eigenvalue weighted by Crippen LogP contribution is -2.56. The average molecular weight is 1030 g/mol. The number of nitrogens with one attached hydrogen (secondary N) is 5. The molecular weight excluding hydrogens is 975 g/mol. The van der Waals surface area contributed by atoms with E-state index < -0.39 is 151 Å². The Labute approximate surface area is 422 Å². The van der Waals surface area contributed by atoms with Crippen LogP contribution in [0.1, 0.15) is 88.1 Å². The summed E-state index contributed by atoms with van der Waals surface area (Å²) in [5.41, 5.74) is -3.70. The van der Waals surface area contributed by atoms with Crippen LogP contribution in [-0.4, -0.2) is 187 Å². The number of rotatable bonds is 17. The minimum Gasteiger partial charge on any atom is -0.507 e. The van der Waals surface area contributed by atoms with Crippen LogP contribution in [0.15, 0.2) is 30.4 Å². The lowest BCUT2D eigenvalue weighted by atomic mass is 9.72. The predicted molar refractivity (Wildman–Crippen MR) is 249 cm³/mol. The molecule has 2 aromatic rings. The first kappa shape index (κ1) is 52.0. The summed E-state index contributed by atoms with van der Waals surface area (Å²) in [5.74, 6) is -7.39. The first-order chi connectivity index (χ1) is 35.4. The number of carbonyl (C=O) groups is 9. The van der Waals surface area contributed by atoms with Gasteiger partial charge >= 0.3 is 0 Å². The summed E-state index contributed by atoms with van der Waals surface area (Å²) in [6.07, 6.45) is -2.49. The van der Waals surface area contributed by atoms with Crippen LogP contribution in [0.3, 0.4) is 0 Å². The summed E-state index contributed by atoms with van der Waals surface area (Å²) in [6, 6.07) is 3.84. The van der Waals surface area contributed by atoms with E-state index in [0.29, 0.717) is 26.0 Å². The highest BCUT2D eigenvalue weighted by Crippen LogP contribution is 2.53. The van der Waals surface area contributed by atoms with Gasteiger partial charge in [-0.05, 0) is 31.7 Å². The Hall–Kier alpha value is -6.87. The fourth-order valence-corrected chi connectivity index (χ4v) is 10.8. The van der Waals surface area contributed by atoms with Gasteiger partial charge in [-0.1, -0.05) is 12.1 Å².